The molecule has 0 aromatic carbocycles. The highest BCUT2D eigenvalue weighted by Crippen LogP contribution is 1.91. The first kappa shape index (κ1) is 17.0. The van der Waals surface area contributed by atoms with Gasteiger partial charge in [0.15, 0.2) is 0 Å². The van der Waals surface area contributed by atoms with E-state index in [4.69, 9.17) is 5.11 Å². The van der Waals surface area contributed by atoms with E-state index >= 15 is 0 Å². The molecule has 0 atom stereocenters. The fraction of sp³-hybridized carbons (Fsp3) is 0.727. The number of unbranched alkanes of at least 4 members (excludes halogenated alkanes) is 1. The van der Waals surface area contributed by atoms with E-state index in [1.165, 1.54) is 6.92 Å². The van der Waals surface area contributed by atoms with Gasteiger partial charge in [0.2, 0.25) is 0 Å². The van der Waals surface area contributed by atoms with Crippen molar-refractivity contribution in [1.82, 2.24) is 0 Å². The molecule has 0 radical (unpaired) electrons. The molecule has 5 heteroatoms. The Morgan fingerprint density at radius 1 is 1.06 bits per heavy atom. The van der Waals surface area contributed by atoms with Crippen LogP contribution in [0.2, 0.25) is 0 Å². The molecule has 16 heavy (non-hydrogen) atoms. The number of hydrogen-bond donors (Lipinski definition) is 1. The molecule has 0 aromatic heterocycles. The van der Waals surface area contributed by atoms with Gasteiger partial charge >= 0.3 is 17.9 Å². The fourth-order valence-corrected chi connectivity index (χ4v) is 0.743. The van der Waals surface area contributed by atoms with Crippen molar-refractivity contribution in [2.24, 2.45) is 0 Å². The number of rotatable bonds is 5. The van der Waals surface area contributed by atoms with E-state index in [1.54, 1.807) is 0 Å². The van der Waals surface area contributed by atoms with Crippen molar-refractivity contribution < 1.29 is 24.2 Å². The molecule has 0 spiro atoms. The second kappa shape index (κ2) is 11.7. The van der Waals surface area contributed by atoms with Crippen LogP contribution in [-0.4, -0.2) is 23.0 Å². The average molecular weight is 232 g/mol. The van der Waals surface area contributed by atoms with E-state index in [9.17, 15) is 14.4 Å². The van der Waals surface area contributed by atoms with E-state index in [-0.39, 0.29) is 0 Å². The van der Waals surface area contributed by atoms with Crippen LogP contribution in [0.15, 0.2) is 0 Å². The topological polar surface area (TPSA) is 80.7 Å². The van der Waals surface area contributed by atoms with Gasteiger partial charge in [-0.25, -0.2) is 0 Å². The van der Waals surface area contributed by atoms with Crippen LogP contribution < -0.4 is 0 Å². The van der Waals surface area contributed by atoms with Crippen LogP contribution in [0, 0.1) is 0 Å². The van der Waals surface area contributed by atoms with E-state index in [0.717, 1.165) is 12.8 Å². The summed E-state index contributed by atoms with van der Waals surface area (Å²) in [5.74, 6) is -1.67. The number of aliphatic carboxylic acids is 1. The molecule has 0 saturated carbocycles. The third kappa shape index (κ3) is 18.4. The van der Waals surface area contributed by atoms with Crippen molar-refractivity contribution in [2.45, 2.75) is 52.9 Å². The zero-order chi connectivity index (χ0) is 13.0. The quantitative estimate of drug-likeness (QED) is 0.580. The summed E-state index contributed by atoms with van der Waals surface area (Å²) in [6.07, 6.45) is 3.11. The molecular formula is C11H20O5. The van der Waals surface area contributed by atoms with Gasteiger partial charge in [0.25, 0.3) is 0 Å². The third-order valence-electron chi connectivity index (χ3n) is 1.46. The van der Waals surface area contributed by atoms with Gasteiger partial charge in [-0.2, -0.15) is 0 Å². The molecule has 0 heterocycles. The van der Waals surface area contributed by atoms with Crippen molar-refractivity contribution in [3.8, 4) is 0 Å². The number of esters is 2. The van der Waals surface area contributed by atoms with Crippen molar-refractivity contribution in [3.05, 3.63) is 0 Å². The van der Waals surface area contributed by atoms with Crippen molar-refractivity contribution in [1.29, 1.82) is 0 Å². The van der Waals surface area contributed by atoms with Gasteiger partial charge < -0.3 is 9.84 Å². The van der Waals surface area contributed by atoms with Crippen LogP contribution in [0.5, 0.6) is 0 Å². The van der Waals surface area contributed by atoms with Gasteiger partial charge in [-0.3, -0.25) is 14.4 Å². The second-order valence-electron chi connectivity index (χ2n) is 3.21. The van der Waals surface area contributed by atoms with Crippen LogP contribution in [0.4, 0.5) is 0 Å². The van der Waals surface area contributed by atoms with Gasteiger partial charge in [0.1, 0.15) is 0 Å². The van der Waals surface area contributed by atoms with Crippen LogP contribution in [-0.2, 0) is 19.1 Å². The minimum Gasteiger partial charge on any atom is -0.481 e. The lowest BCUT2D eigenvalue weighted by molar-refractivity contribution is -0.158. The first-order valence-corrected chi connectivity index (χ1v) is 5.37. The van der Waals surface area contributed by atoms with Crippen LogP contribution >= 0.6 is 0 Å². The fourth-order valence-electron chi connectivity index (χ4n) is 0.743. The maximum atomic E-state index is 10.4. The molecule has 94 valence electrons. The summed E-state index contributed by atoms with van der Waals surface area (Å²) >= 11 is 0. The largest absolute Gasteiger partial charge is 0.481 e. The third-order valence-corrected chi connectivity index (χ3v) is 1.46. The second-order valence-corrected chi connectivity index (χ2v) is 3.21. The van der Waals surface area contributed by atoms with Gasteiger partial charge in [0, 0.05) is 19.8 Å². The molecule has 0 bridgehead atoms. The van der Waals surface area contributed by atoms with Crippen molar-refractivity contribution >= 4 is 17.9 Å². The summed E-state index contributed by atoms with van der Waals surface area (Å²) in [6.45, 7) is 5.04. The Labute approximate surface area is 95.8 Å². The molecule has 0 fully saturated rings. The minimum atomic E-state index is -0.693. The maximum Gasteiger partial charge on any atom is 0.313 e. The lowest BCUT2D eigenvalue weighted by Gasteiger charge is -1.94. The molecular weight excluding hydrogens is 212 g/mol. The molecule has 0 aliphatic carbocycles. The summed E-state index contributed by atoms with van der Waals surface area (Å²) in [7, 11) is 0. The Bertz CT molecular complexity index is 222. The Kier molecular flexibility index (Phi) is 12.4. The lowest BCUT2D eigenvalue weighted by atomic mass is 10.3. The highest BCUT2D eigenvalue weighted by atomic mass is 16.6. The summed E-state index contributed by atoms with van der Waals surface area (Å²) in [5, 5.41) is 8.04. The summed E-state index contributed by atoms with van der Waals surface area (Å²) < 4.78 is 4.21. The number of hydrogen-bond acceptors (Lipinski definition) is 4. The molecule has 0 aliphatic heterocycles. The zero-order valence-corrected chi connectivity index (χ0v) is 10.1. The average Bonchev–Trinajstić information content (AvgIpc) is 2.14. The smallest absolute Gasteiger partial charge is 0.313 e. The number of ether oxygens (including phenoxy) is 1. The molecule has 5 nitrogen and oxygen atoms in total. The van der Waals surface area contributed by atoms with E-state index in [0.29, 0.717) is 19.3 Å². The van der Waals surface area contributed by atoms with E-state index in [1.807, 2.05) is 13.8 Å². The normalized spacial score (nSPS) is 8.69. The maximum absolute atomic E-state index is 10.4. The van der Waals surface area contributed by atoms with Gasteiger partial charge in [0.05, 0.1) is 0 Å². The highest BCUT2D eigenvalue weighted by molar-refractivity contribution is 5.83. The molecule has 0 amide bonds. The Morgan fingerprint density at radius 2 is 1.62 bits per heavy atom. The Morgan fingerprint density at radius 3 is 1.88 bits per heavy atom. The number of carboxylic acid groups (broad SMARTS) is 1. The molecule has 1 N–H and O–H groups in total. The van der Waals surface area contributed by atoms with Crippen LogP contribution in [0.3, 0.4) is 0 Å². The lowest BCUT2D eigenvalue weighted by Crippen LogP contribution is -2.07. The van der Waals surface area contributed by atoms with Crippen molar-refractivity contribution in [3.63, 3.8) is 0 Å². The SMILES string of the molecule is CCCC(=O)OC(C)=O.CCCCC(=O)O. The summed E-state index contributed by atoms with van der Waals surface area (Å²) in [4.78, 5) is 30.3. The first-order valence-electron chi connectivity index (χ1n) is 5.37. The highest BCUT2D eigenvalue weighted by Gasteiger charge is 2.02. The predicted molar refractivity (Wildman–Crippen MR) is 58.8 cm³/mol. The molecule has 0 unspecified atom stereocenters. The molecule has 0 aliphatic rings. The Balaban J connectivity index is 0. The molecule has 0 rings (SSSR count). The number of carbonyl (C=O) groups excluding carboxylic acids is 2. The molecule has 0 saturated heterocycles. The van der Waals surface area contributed by atoms with Gasteiger partial charge in [-0.05, 0) is 12.8 Å². The zero-order valence-electron chi connectivity index (χ0n) is 10.1. The van der Waals surface area contributed by atoms with E-state index < -0.39 is 17.9 Å². The Hall–Kier alpha value is -1.39. The predicted octanol–water partition coefficient (Wildman–Crippen LogP) is 2.14. The van der Waals surface area contributed by atoms with Crippen molar-refractivity contribution in [2.75, 3.05) is 0 Å². The summed E-state index contributed by atoms with van der Waals surface area (Å²) in [6, 6.07) is 0. The molecule has 0 aromatic rings. The summed E-state index contributed by atoms with van der Waals surface area (Å²) in [5.41, 5.74) is 0. The van der Waals surface area contributed by atoms with Gasteiger partial charge in [-0.1, -0.05) is 20.3 Å². The van der Waals surface area contributed by atoms with Crippen LogP contribution in [0.1, 0.15) is 52.9 Å². The number of carbonyl (C=O) groups is 3. The van der Waals surface area contributed by atoms with E-state index in [2.05, 4.69) is 4.74 Å². The first-order chi connectivity index (χ1) is 7.43. The van der Waals surface area contributed by atoms with Crippen LogP contribution in [0.25, 0.3) is 0 Å². The standard InChI is InChI=1S/C6H10O3.C5H10O2/c1-3-4-6(8)9-5(2)7;1-2-3-4-5(6)7/h3-4H2,1-2H3;2-4H2,1H3,(H,6,7). The number of carboxylic acids is 1. The van der Waals surface area contributed by atoms with Gasteiger partial charge in [-0.15, -0.1) is 0 Å². The monoisotopic (exact) mass is 232 g/mol. The minimum absolute atomic E-state index is 0.316.